The number of carbonyl (C=O) groups is 2. The van der Waals surface area contributed by atoms with Crippen LogP contribution in [0.5, 0.6) is 11.5 Å². The van der Waals surface area contributed by atoms with Crippen molar-refractivity contribution < 1.29 is 38.6 Å². The number of guanidine groups is 2. The van der Waals surface area contributed by atoms with Gasteiger partial charge in [0.2, 0.25) is 0 Å². The van der Waals surface area contributed by atoms with Gasteiger partial charge in [-0.3, -0.25) is 19.4 Å². The molecular formula is C48H50BBrN8O8. The van der Waals surface area contributed by atoms with E-state index in [-0.39, 0.29) is 23.7 Å². The summed E-state index contributed by atoms with van der Waals surface area (Å²) < 4.78 is 25.0. The minimum absolute atomic E-state index is 0.109. The van der Waals surface area contributed by atoms with Crippen LogP contribution in [0.2, 0.25) is 0 Å². The fraction of sp³-hybridized carbons (Fsp3) is 0.375. The van der Waals surface area contributed by atoms with Gasteiger partial charge in [-0.15, -0.1) is 0 Å². The van der Waals surface area contributed by atoms with Crippen molar-refractivity contribution in [1.82, 2.24) is 9.80 Å². The Morgan fingerprint density at radius 1 is 0.712 bits per heavy atom. The molecule has 6 N–H and O–H groups in total. The maximum absolute atomic E-state index is 13.5. The Kier molecular flexibility index (Phi) is 12.5. The van der Waals surface area contributed by atoms with Crippen molar-refractivity contribution in [3.63, 3.8) is 0 Å². The zero-order chi connectivity index (χ0) is 47.2. The third-order valence-electron chi connectivity index (χ3n) is 13.2. The minimum atomic E-state index is -1.50. The Morgan fingerprint density at radius 3 is 1.68 bits per heavy atom. The van der Waals surface area contributed by atoms with Crippen molar-refractivity contribution in [2.45, 2.75) is 74.7 Å². The van der Waals surface area contributed by atoms with E-state index in [9.17, 15) is 14.9 Å². The van der Waals surface area contributed by atoms with Gasteiger partial charge in [0, 0.05) is 55.8 Å². The Morgan fingerprint density at radius 2 is 1.21 bits per heavy atom. The number of nitrogens with zero attached hydrogens (tertiary/aromatic N) is 6. The van der Waals surface area contributed by atoms with Crippen LogP contribution in [0.15, 0.2) is 87.3 Å². The van der Waals surface area contributed by atoms with E-state index in [4.69, 9.17) is 50.7 Å². The van der Waals surface area contributed by atoms with Gasteiger partial charge in [0.1, 0.15) is 22.7 Å². The monoisotopic (exact) mass is 956 g/mol. The van der Waals surface area contributed by atoms with Gasteiger partial charge in [-0.2, -0.15) is 10.5 Å². The van der Waals surface area contributed by atoms with Crippen LogP contribution >= 0.6 is 15.9 Å². The van der Waals surface area contributed by atoms with Crippen molar-refractivity contribution in [3.05, 3.63) is 111 Å². The number of nitrogens with two attached hydrogens (primary N) is 2. The molecule has 4 aromatic carbocycles. The number of rotatable bonds is 2. The number of benzene rings is 4. The largest absolute Gasteiger partial charge is 0.488 e. The zero-order valence-electron chi connectivity index (χ0n) is 37.1. The van der Waals surface area contributed by atoms with E-state index in [0.717, 1.165) is 64.6 Å². The molecule has 0 aromatic heterocycles. The predicted molar refractivity (Wildman–Crippen MR) is 249 cm³/mol. The molecule has 0 radical (unpaired) electrons. The Balaban J connectivity index is 0.000000148. The smallest absolute Gasteiger partial charge is 0.484 e. The number of aryl methyl sites for hydroxylation is 2. The summed E-state index contributed by atoms with van der Waals surface area (Å²) in [6, 6.07) is 26.0. The quantitative estimate of drug-likeness (QED) is 0.207. The molecule has 2 saturated heterocycles. The molecule has 4 unspecified atom stereocenters. The van der Waals surface area contributed by atoms with Crippen molar-refractivity contribution in [3.8, 4) is 34.8 Å². The Labute approximate surface area is 391 Å². The van der Waals surface area contributed by atoms with Gasteiger partial charge in [-0.1, -0.05) is 39.7 Å². The lowest BCUT2D eigenvalue weighted by Crippen LogP contribution is -2.55. The highest BCUT2D eigenvalue weighted by molar-refractivity contribution is 9.10. The molecule has 18 heteroatoms. The van der Waals surface area contributed by atoms with Crippen LogP contribution < -0.4 is 26.4 Å². The van der Waals surface area contributed by atoms with E-state index < -0.39 is 29.4 Å². The predicted octanol–water partition coefficient (Wildman–Crippen LogP) is 4.16. The molecule has 0 bridgehead atoms. The average Bonchev–Trinajstić information content (AvgIpc) is 3.65. The van der Waals surface area contributed by atoms with Crippen molar-refractivity contribution in [1.29, 1.82) is 10.5 Å². The lowest BCUT2D eigenvalue weighted by atomic mass is 9.73. The van der Waals surface area contributed by atoms with Gasteiger partial charge in [-0.25, -0.2) is 9.98 Å². The van der Waals surface area contributed by atoms with E-state index in [2.05, 4.69) is 27.0 Å². The van der Waals surface area contributed by atoms with Crippen LogP contribution in [-0.2, 0) is 30.1 Å². The SMILES string of the molecule is CN1C(=O)C2(CC3(CCCOC3)Oc3ccc(Br)cc32)N=C1N.Cc1ccc(C#N)cc1-c1ccc2c(c1)C1(CC3(CCCOC3)O2)N=C(N)N(C)C1=O.Cc1ccc(C#N)cc1B(O)O. The van der Waals surface area contributed by atoms with Gasteiger partial charge < -0.3 is 40.5 Å². The number of fused-ring (bicyclic) bond motifs is 4. The number of halogens is 1. The summed E-state index contributed by atoms with van der Waals surface area (Å²) >= 11 is 3.47. The summed E-state index contributed by atoms with van der Waals surface area (Å²) in [5.74, 6) is 1.51. The van der Waals surface area contributed by atoms with Crippen LogP contribution in [0, 0.1) is 36.5 Å². The maximum atomic E-state index is 13.5. The Bertz CT molecular complexity index is 2760. The van der Waals surface area contributed by atoms with Crippen LogP contribution in [0.3, 0.4) is 0 Å². The number of nitriles is 2. The van der Waals surface area contributed by atoms with Crippen molar-refractivity contribution in [2.75, 3.05) is 40.5 Å². The first-order valence-electron chi connectivity index (χ1n) is 21.6. The summed E-state index contributed by atoms with van der Waals surface area (Å²) in [6.07, 6.45) is 4.26. The average molecular weight is 958 g/mol. The van der Waals surface area contributed by atoms with Crippen LogP contribution in [0.4, 0.5) is 0 Å². The minimum Gasteiger partial charge on any atom is -0.484 e. The third kappa shape index (κ3) is 8.29. The summed E-state index contributed by atoms with van der Waals surface area (Å²) in [7, 11) is 1.81. The molecule has 4 spiro atoms. The number of hydrogen-bond donors (Lipinski definition) is 4. The standard InChI is InChI=1S/C24H24N4O3.C16H18BrN3O3.C8H8BNO2/c1-15-4-5-16(12-25)10-18(15)17-6-7-20-19(11-17)24(21(29)28(2)22(26)27-24)13-23(31-20)8-3-9-30-14-23;1-20-13(21)16(19-14(20)18)8-15(5-2-6-22-9-15)23-12-4-3-10(17)7-11(12)16;1-6-2-3-7(5-10)4-8(6)9(11)12/h4-7,10-11H,3,8-9,13-14H2,1-2H3,(H2,26,27);3-4,7H,2,5-6,8-9H2,1H3,(H2,18,19);2-4,11-12H,1H3. The molecular weight excluding hydrogens is 907 g/mol. The highest BCUT2D eigenvalue weighted by Gasteiger charge is 2.60. The number of amides is 2. The maximum Gasteiger partial charge on any atom is 0.488 e. The molecule has 6 aliphatic rings. The van der Waals surface area contributed by atoms with Crippen LogP contribution in [0.1, 0.15) is 71.9 Å². The van der Waals surface area contributed by atoms with Gasteiger partial charge in [0.15, 0.2) is 23.0 Å². The van der Waals surface area contributed by atoms with Crippen molar-refractivity contribution >= 4 is 52.2 Å². The molecule has 6 aliphatic heterocycles. The molecule has 340 valence electrons. The second-order valence-electron chi connectivity index (χ2n) is 17.7. The van der Waals surface area contributed by atoms with E-state index in [0.29, 0.717) is 66.3 Å². The first-order valence-corrected chi connectivity index (χ1v) is 22.4. The molecule has 6 heterocycles. The number of hydrogen-bond acceptors (Lipinski definition) is 14. The van der Waals surface area contributed by atoms with Crippen LogP contribution in [0.25, 0.3) is 11.1 Å². The highest BCUT2D eigenvalue weighted by atomic mass is 79.9. The highest BCUT2D eigenvalue weighted by Crippen LogP contribution is 2.53. The molecule has 2 fully saturated rings. The van der Waals surface area contributed by atoms with Gasteiger partial charge in [0.05, 0.1) is 36.5 Å². The zero-order valence-corrected chi connectivity index (χ0v) is 38.7. The van der Waals surface area contributed by atoms with E-state index in [1.165, 1.54) is 15.9 Å². The second-order valence-corrected chi connectivity index (χ2v) is 18.6. The van der Waals surface area contributed by atoms with E-state index >= 15 is 0 Å². The van der Waals surface area contributed by atoms with Crippen molar-refractivity contribution in [2.24, 2.45) is 21.5 Å². The molecule has 4 atom stereocenters. The molecule has 0 saturated carbocycles. The summed E-state index contributed by atoms with van der Waals surface area (Å²) in [5.41, 5.74) is 15.3. The number of likely N-dealkylation sites (N-methyl/N-ethyl adjacent to an activating group) is 2. The molecule has 16 nitrogen and oxygen atoms in total. The summed E-state index contributed by atoms with van der Waals surface area (Å²) in [6.45, 7) is 6.07. The second kappa shape index (κ2) is 17.8. The normalized spacial score (nSPS) is 25.8. The molecule has 2 amide bonds. The molecule has 10 rings (SSSR count). The van der Waals surface area contributed by atoms with Gasteiger partial charge in [-0.05, 0) is 116 Å². The van der Waals surface area contributed by atoms with E-state index in [1.807, 2.05) is 61.5 Å². The number of aliphatic imine (C=N–C) groups is 2. The fourth-order valence-corrected chi connectivity index (χ4v) is 10.1. The molecule has 0 aliphatic carbocycles. The van der Waals surface area contributed by atoms with Crippen LogP contribution in [-0.4, -0.2) is 102 Å². The Hall–Kier alpha value is -6.28. The third-order valence-corrected chi connectivity index (χ3v) is 13.7. The van der Waals surface area contributed by atoms with E-state index in [1.54, 1.807) is 39.2 Å². The van der Waals surface area contributed by atoms with Gasteiger partial charge in [0.25, 0.3) is 11.8 Å². The lowest BCUT2D eigenvalue weighted by molar-refractivity contribution is -0.139. The molecule has 66 heavy (non-hydrogen) atoms. The number of carbonyl (C=O) groups excluding carboxylic acids is 2. The first-order chi connectivity index (χ1) is 31.5. The van der Waals surface area contributed by atoms with Gasteiger partial charge >= 0.3 is 7.12 Å². The lowest BCUT2D eigenvalue weighted by Gasteiger charge is -2.46. The molecule has 4 aromatic rings. The number of ether oxygens (including phenoxy) is 4. The summed E-state index contributed by atoms with van der Waals surface area (Å²) in [5, 5.41) is 35.6. The fourth-order valence-electron chi connectivity index (χ4n) is 9.75. The summed E-state index contributed by atoms with van der Waals surface area (Å²) in [4.78, 5) is 38.6. The topological polar surface area (TPSA) is 242 Å². The first kappa shape index (κ1) is 46.3.